The first-order chi connectivity index (χ1) is 10.3. The van der Waals surface area contributed by atoms with Gasteiger partial charge in [-0.2, -0.15) is 5.26 Å². The molecule has 0 bridgehead atoms. The smallest absolute Gasteiger partial charge is 0.142 e. The lowest BCUT2D eigenvalue weighted by atomic mass is 10.0. The highest BCUT2D eigenvalue weighted by atomic mass is 35.5. The minimum atomic E-state index is -0.468. The highest BCUT2D eigenvalue weighted by Crippen LogP contribution is 2.25. The Morgan fingerprint density at radius 3 is 2.57 bits per heavy atom. The lowest BCUT2D eigenvalue weighted by Crippen LogP contribution is -2.09. The van der Waals surface area contributed by atoms with Gasteiger partial charge in [0.2, 0.25) is 0 Å². The van der Waals surface area contributed by atoms with Crippen LogP contribution >= 0.6 is 11.6 Å². The summed E-state index contributed by atoms with van der Waals surface area (Å²) in [7, 11) is 0. The van der Waals surface area contributed by atoms with E-state index in [1.807, 2.05) is 42.5 Å². The van der Waals surface area contributed by atoms with Crippen molar-refractivity contribution in [3.05, 3.63) is 71.4 Å². The molecular weight excluding hydrogens is 282 g/mol. The van der Waals surface area contributed by atoms with Crippen molar-refractivity contribution in [1.29, 1.82) is 5.26 Å². The Morgan fingerprint density at radius 1 is 1.05 bits per heavy atom. The predicted octanol–water partition coefficient (Wildman–Crippen LogP) is 4.56. The molecule has 0 radical (unpaired) electrons. The molecule has 1 N–H and O–H groups in total. The van der Waals surface area contributed by atoms with E-state index in [1.165, 1.54) is 0 Å². The van der Waals surface area contributed by atoms with Crippen LogP contribution in [0, 0.1) is 11.3 Å². The van der Waals surface area contributed by atoms with Crippen molar-refractivity contribution in [1.82, 2.24) is 4.98 Å². The van der Waals surface area contributed by atoms with Gasteiger partial charge in [-0.25, -0.2) is 0 Å². The molecule has 3 rings (SSSR count). The quantitative estimate of drug-likeness (QED) is 0.770. The average Bonchev–Trinajstić information content (AvgIpc) is 2.54. The standard InChI is InChI=1S/C17H12ClN3/c18-13-6-8-14(9-7-13)21-16(11-19)15-5-1-3-12-4-2-10-20-17(12)15/h1-10,16,21H. The number of halogens is 1. The predicted molar refractivity (Wildman–Crippen MR) is 85.2 cm³/mol. The molecule has 0 saturated heterocycles. The molecule has 1 atom stereocenters. The molecule has 3 nitrogen and oxygen atoms in total. The van der Waals surface area contributed by atoms with Gasteiger partial charge in [0.05, 0.1) is 11.6 Å². The van der Waals surface area contributed by atoms with E-state index in [0.29, 0.717) is 5.02 Å². The van der Waals surface area contributed by atoms with E-state index in [1.54, 1.807) is 18.3 Å². The molecule has 0 spiro atoms. The fourth-order valence-electron chi connectivity index (χ4n) is 2.25. The monoisotopic (exact) mass is 293 g/mol. The Morgan fingerprint density at radius 2 is 1.81 bits per heavy atom. The summed E-state index contributed by atoms with van der Waals surface area (Å²) >= 11 is 5.87. The van der Waals surface area contributed by atoms with Gasteiger partial charge in [-0.3, -0.25) is 4.98 Å². The molecule has 3 aromatic rings. The number of para-hydroxylation sites is 1. The number of nitriles is 1. The lowest BCUT2D eigenvalue weighted by molar-refractivity contribution is 1.00. The van der Waals surface area contributed by atoms with Crippen molar-refractivity contribution in [2.75, 3.05) is 5.32 Å². The minimum Gasteiger partial charge on any atom is -0.366 e. The fourth-order valence-corrected chi connectivity index (χ4v) is 2.38. The second-order valence-corrected chi connectivity index (χ2v) is 5.07. The van der Waals surface area contributed by atoms with Crippen LogP contribution in [0.3, 0.4) is 0 Å². The third kappa shape index (κ3) is 2.81. The van der Waals surface area contributed by atoms with E-state index < -0.39 is 6.04 Å². The van der Waals surface area contributed by atoms with Crippen molar-refractivity contribution >= 4 is 28.2 Å². The minimum absolute atomic E-state index is 0.468. The molecule has 1 heterocycles. The van der Waals surface area contributed by atoms with Gasteiger partial charge in [0.15, 0.2) is 0 Å². The number of aromatic nitrogens is 1. The largest absolute Gasteiger partial charge is 0.366 e. The zero-order chi connectivity index (χ0) is 14.7. The van der Waals surface area contributed by atoms with Gasteiger partial charge < -0.3 is 5.32 Å². The summed E-state index contributed by atoms with van der Waals surface area (Å²) in [5, 5.41) is 14.4. The Labute approximate surface area is 127 Å². The van der Waals surface area contributed by atoms with Crippen LogP contribution in [0.25, 0.3) is 10.9 Å². The topological polar surface area (TPSA) is 48.7 Å². The van der Waals surface area contributed by atoms with Crippen molar-refractivity contribution in [2.24, 2.45) is 0 Å². The maximum Gasteiger partial charge on any atom is 0.142 e. The Hall–Kier alpha value is -2.57. The highest BCUT2D eigenvalue weighted by Gasteiger charge is 2.14. The number of fused-ring (bicyclic) bond motifs is 1. The first-order valence-electron chi connectivity index (χ1n) is 6.53. The zero-order valence-corrected chi connectivity index (χ0v) is 11.9. The lowest BCUT2D eigenvalue weighted by Gasteiger charge is -2.15. The molecule has 0 fully saturated rings. The summed E-state index contributed by atoms with van der Waals surface area (Å²) < 4.78 is 0. The summed E-state index contributed by atoms with van der Waals surface area (Å²) in [4.78, 5) is 4.39. The molecule has 2 aromatic carbocycles. The molecule has 0 aliphatic rings. The van der Waals surface area contributed by atoms with Crippen LogP contribution in [0.1, 0.15) is 11.6 Å². The number of rotatable bonds is 3. The normalized spacial score (nSPS) is 11.8. The number of nitrogens with zero attached hydrogens (tertiary/aromatic N) is 2. The highest BCUT2D eigenvalue weighted by molar-refractivity contribution is 6.30. The summed E-state index contributed by atoms with van der Waals surface area (Å²) in [5.74, 6) is 0. The van der Waals surface area contributed by atoms with Crippen molar-refractivity contribution in [3.8, 4) is 6.07 Å². The number of anilines is 1. The van der Waals surface area contributed by atoms with E-state index in [0.717, 1.165) is 22.2 Å². The molecule has 0 aliphatic heterocycles. The van der Waals surface area contributed by atoms with Crippen molar-refractivity contribution in [3.63, 3.8) is 0 Å². The number of pyridine rings is 1. The van der Waals surface area contributed by atoms with Gasteiger partial charge in [-0.05, 0) is 30.3 Å². The number of hydrogen-bond donors (Lipinski definition) is 1. The number of benzene rings is 2. The van der Waals surface area contributed by atoms with Gasteiger partial charge in [0.1, 0.15) is 6.04 Å². The molecule has 0 saturated carbocycles. The second-order valence-electron chi connectivity index (χ2n) is 4.64. The molecule has 102 valence electrons. The van der Waals surface area contributed by atoms with Crippen LogP contribution < -0.4 is 5.32 Å². The maximum atomic E-state index is 9.49. The summed E-state index contributed by atoms with van der Waals surface area (Å²) in [6.45, 7) is 0. The maximum absolute atomic E-state index is 9.49. The van der Waals surface area contributed by atoms with Crippen LogP contribution in [0.2, 0.25) is 5.02 Å². The molecule has 0 aliphatic carbocycles. The van der Waals surface area contributed by atoms with Gasteiger partial charge in [-0.1, -0.05) is 35.9 Å². The molecule has 0 amide bonds. The van der Waals surface area contributed by atoms with Crippen LogP contribution in [-0.2, 0) is 0 Å². The third-order valence-corrected chi connectivity index (χ3v) is 3.51. The molecule has 1 aromatic heterocycles. The molecule has 21 heavy (non-hydrogen) atoms. The van der Waals surface area contributed by atoms with E-state index in [-0.39, 0.29) is 0 Å². The van der Waals surface area contributed by atoms with Crippen molar-refractivity contribution < 1.29 is 0 Å². The van der Waals surface area contributed by atoms with E-state index in [4.69, 9.17) is 11.6 Å². The van der Waals surface area contributed by atoms with Crippen LogP contribution in [0.5, 0.6) is 0 Å². The fraction of sp³-hybridized carbons (Fsp3) is 0.0588. The number of nitrogens with one attached hydrogen (secondary N) is 1. The van der Waals surface area contributed by atoms with E-state index in [2.05, 4.69) is 16.4 Å². The molecule has 1 unspecified atom stereocenters. The van der Waals surface area contributed by atoms with Crippen LogP contribution in [0.4, 0.5) is 5.69 Å². The Kier molecular flexibility index (Phi) is 3.72. The van der Waals surface area contributed by atoms with Crippen LogP contribution in [-0.4, -0.2) is 4.98 Å². The second kappa shape index (κ2) is 5.82. The third-order valence-electron chi connectivity index (χ3n) is 3.26. The summed E-state index contributed by atoms with van der Waals surface area (Å²) in [6, 6.07) is 18.8. The van der Waals surface area contributed by atoms with Gasteiger partial charge in [0.25, 0.3) is 0 Å². The first kappa shape index (κ1) is 13.4. The number of hydrogen-bond acceptors (Lipinski definition) is 3. The average molecular weight is 294 g/mol. The van der Waals surface area contributed by atoms with Crippen LogP contribution in [0.15, 0.2) is 60.8 Å². The summed E-state index contributed by atoms with van der Waals surface area (Å²) in [6.07, 6.45) is 1.74. The Balaban J connectivity index is 1.99. The van der Waals surface area contributed by atoms with E-state index in [9.17, 15) is 5.26 Å². The van der Waals surface area contributed by atoms with Crippen molar-refractivity contribution in [2.45, 2.75) is 6.04 Å². The Bertz CT molecular complexity index is 801. The van der Waals surface area contributed by atoms with Gasteiger partial charge >= 0.3 is 0 Å². The van der Waals surface area contributed by atoms with E-state index >= 15 is 0 Å². The molecule has 4 heteroatoms. The van der Waals surface area contributed by atoms with Gasteiger partial charge in [0, 0.05) is 27.9 Å². The first-order valence-corrected chi connectivity index (χ1v) is 6.91. The SMILES string of the molecule is N#CC(Nc1ccc(Cl)cc1)c1cccc2cccnc12. The van der Waals surface area contributed by atoms with Gasteiger partial charge in [-0.15, -0.1) is 0 Å². The summed E-state index contributed by atoms with van der Waals surface area (Å²) in [5.41, 5.74) is 2.55. The molecular formula is C17H12ClN3. The zero-order valence-electron chi connectivity index (χ0n) is 11.1.